The van der Waals surface area contributed by atoms with Crippen LogP contribution in [-0.4, -0.2) is 74.8 Å². The lowest BCUT2D eigenvalue weighted by Gasteiger charge is -2.40. The number of cyclic esters (lactones) is 1. The van der Waals surface area contributed by atoms with Gasteiger partial charge in [-0.25, -0.2) is 4.79 Å². The van der Waals surface area contributed by atoms with Crippen LogP contribution in [0.2, 0.25) is 0 Å². The van der Waals surface area contributed by atoms with Crippen molar-refractivity contribution in [2.24, 2.45) is 11.8 Å². The van der Waals surface area contributed by atoms with Gasteiger partial charge in [-0.15, -0.1) is 10.3 Å². The van der Waals surface area contributed by atoms with Gasteiger partial charge < -0.3 is 38.5 Å². The molecule has 1 radical (unpaired) electrons. The van der Waals surface area contributed by atoms with Gasteiger partial charge in [0.05, 0.1) is 56.5 Å². The molecule has 1 aliphatic carbocycles. The maximum absolute atomic E-state index is 14.5. The maximum Gasteiger partial charge on any atom is 0.336 e. The molecule has 53 heavy (non-hydrogen) atoms. The minimum Gasteiger partial charge on any atom is -0.493 e. The Labute approximate surface area is 307 Å². The second kappa shape index (κ2) is 13.6. The number of fused-ring (bicyclic) bond motifs is 3. The van der Waals surface area contributed by atoms with Crippen LogP contribution in [0.4, 0.5) is 0 Å². The van der Waals surface area contributed by atoms with Crippen LogP contribution in [-0.2, 0) is 35.5 Å². The molecule has 1 amide bonds. The van der Waals surface area contributed by atoms with E-state index in [2.05, 4.69) is 5.32 Å². The molecular weight excluding hydrogens is 684 g/mol. The standard InChI is InChI=1S/C40H43N2O11/c1-39(2)18-26(40(3,4)42(39)46)37(44)53-31(13-21-11-9-8-10-12-21)36(43)41-34-24-17-28-27(51-20-52-28)16-23(24)32(33-25(34)19-50-38(33)45)22-14-29(47-5)35(49-7)30(15-22)48-6/h8-12,14-18,25,31-34H,13,19-20H2,1-7H3,(H,41,43)/t25-,31?,32+,33-,34+/m0/s1. The Kier molecular flexibility index (Phi) is 9.27. The third-order valence-electron chi connectivity index (χ3n) is 10.7. The molecule has 0 bridgehead atoms. The highest BCUT2D eigenvalue weighted by molar-refractivity contribution is 5.94. The molecule has 13 nitrogen and oxygen atoms in total. The first-order chi connectivity index (χ1) is 25.3. The summed E-state index contributed by atoms with van der Waals surface area (Å²) in [7, 11) is 4.56. The zero-order chi connectivity index (χ0) is 37.8. The summed E-state index contributed by atoms with van der Waals surface area (Å²) < 4.78 is 40.2. The first kappa shape index (κ1) is 36.1. The highest BCUT2D eigenvalue weighted by Gasteiger charge is 2.54. The lowest BCUT2D eigenvalue weighted by Crippen LogP contribution is -2.49. The Morgan fingerprint density at radius 2 is 1.55 bits per heavy atom. The van der Waals surface area contributed by atoms with E-state index in [1.807, 2.05) is 42.5 Å². The van der Waals surface area contributed by atoms with Gasteiger partial charge in [-0.2, -0.15) is 0 Å². The molecule has 1 N–H and O–H groups in total. The molecule has 3 aromatic rings. The fourth-order valence-corrected chi connectivity index (χ4v) is 8.21. The van der Waals surface area contributed by atoms with E-state index in [0.29, 0.717) is 45.4 Å². The van der Waals surface area contributed by atoms with Crippen LogP contribution in [0.15, 0.2) is 66.2 Å². The lowest BCUT2D eigenvalue weighted by molar-refractivity contribution is -0.239. The van der Waals surface area contributed by atoms with E-state index >= 15 is 0 Å². The van der Waals surface area contributed by atoms with Gasteiger partial charge in [0.15, 0.2) is 29.1 Å². The lowest BCUT2D eigenvalue weighted by atomic mass is 9.65. The van der Waals surface area contributed by atoms with Gasteiger partial charge in [0.25, 0.3) is 5.91 Å². The molecule has 13 heteroatoms. The van der Waals surface area contributed by atoms with E-state index < -0.39 is 58.8 Å². The van der Waals surface area contributed by atoms with Crippen molar-refractivity contribution in [1.82, 2.24) is 10.4 Å². The first-order valence-corrected chi connectivity index (χ1v) is 17.4. The number of nitrogens with one attached hydrogen (secondary N) is 1. The number of carbonyl (C=O) groups excluding carboxylic acids is 3. The number of amides is 1. The van der Waals surface area contributed by atoms with Crippen molar-refractivity contribution in [1.29, 1.82) is 0 Å². The van der Waals surface area contributed by atoms with Crippen molar-refractivity contribution in [2.45, 2.75) is 63.3 Å². The number of hydrogen-bond acceptors (Lipinski definition) is 11. The summed E-state index contributed by atoms with van der Waals surface area (Å²) in [5.41, 5.74) is 0.897. The summed E-state index contributed by atoms with van der Waals surface area (Å²) in [4.78, 5) is 42.1. The third kappa shape index (κ3) is 6.21. The van der Waals surface area contributed by atoms with Gasteiger partial charge in [-0.05, 0) is 80.3 Å². The minimum absolute atomic E-state index is 0.0118. The normalized spacial score (nSPS) is 23.9. The minimum atomic E-state index is -1.29. The van der Waals surface area contributed by atoms with Crippen LogP contribution in [0.25, 0.3) is 0 Å². The summed E-state index contributed by atoms with van der Waals surface area (Å²) in [6.07, 6.45) is 0.372. The molecule has 0 aromatic heterocycles. The van der Waals surface area contributed by atoms with E-state index in [-0.39, 0.29) is 25.4 Å². The Bertz CT molecular complexity index is 1950. The molecule has 7 rings (SSSR count). The molecule has 3 heterocycles. The molecule has 1 fully saturated rings. The van der Waals surface area contributed by atoms with Crippen molar-refractivity contribution in [3.8, 4) is 28.7 Å². The van der Waals surface area contributed by atoms with Crippen molar-refractivity contribution < 1.29 is 52.7 Å². The van der Waals surface area contributed by atoms with Crippen LogP contribution in [0, 0.1) is 11.8 Å². The number of ether oxygens (including phenoxy) is 7. The van der Waals surface area contributed by atoms with E-state index in [1.54, 1.807) is 45.9 Å². The fraction of sp³-hybridized carbons (Fsp3) is 0.425. The van der Waals surface area contributed by atoms with Crippen LogP contribution < -0.4 is 29.0 Å². The predicted molar refractivity (Wildman–Crippen MR) is 188 cm³/mol. The van der Waals surface area contributed by atoms with Gasteiger partial charge in [0.2, 0.25) is 12.5 Å². The number of esters is 2. The number of rotatable bonds is 10. The molecule has 0 saturated carbocycles. The maximum atomic E-state index is 14.5. The van der Waals surface area contributed by atoms with Crippen molar-refractivity contribution in [3.05, 3.63) is 88.5 Å². The molecule has 0 spiro atoms. The fourth-order valence-electron chi connectivity index (χ4n) is 8.21. The van der Waals surface area contributed by atoms with Crippen LogP contribution in [0.1, 0.15) is 61.9 Å². The van der Waals surface area contributed by atoms with Crippen LogP contribution >= 0.6 is 0 Å². The van der Waals surface area contributed by atoms with E-state index in [0.717, 1.165) is 10.6 Å². The van der Waals surface area contributed by atoms with Crippen molar-refractivity contribution >= 4 is 17.8 Å². The van der Waals surface area contributed by atoms with E-state index in [4.69, 9.17) is 33.2 Å². The smallest absolute Gasteiger partial charge is 0.336 e. The highest BCUT2D eigenvalue weighted by atomic mass is 16.7. The number of hydroxylamine groups is 2. The Morgan fingerprint density at radius 3 is 2.13 bits per heavy atom. The quantitative estimate of drug-likeness (QED) is 0.286. The molecule has 5 atom stereocenters. The predicted octanol–water partition coefficient (Wildman–Crippen LogP) is 4.83. The van der Waals surface area contributed by atoms with E-state index in [1.165, 1.54) is 21.3 Å². The number of hydrogen-bond donors (Lipinski definition) is 1. The summed E-state index contributed by atoms with van der Waals surface area (Å²) in [5.74, 6) is -1.37. The molecule has 1 saturated heterocycles. The Hall–Kier alpha value is -5.27. The van der Waals surface area contributed by atoms with Crippen molar-refractivity contribution in [3.63, 3.8) is 0 Å². The largest absolute Gasteiger partial charge is 0.493 e. The van der Waals surface area contributed by atoms with Gasteiger partial charge in [0.1, 0.15) is 0 Å². The third-order valence-corrected chi connectivity index (χ3v) is 10.7. The topological polar surface area (TPSA) is 151 Å². The number of carbonyl (C=O) groups is 3. The zero-order valence-corrected chi connectivity index (χ0v) is 30.7. The monoisotopic (exact) mass is 727 g/mol. The summed E-state index contributed by atoms with van der Waals surface area (Å²) in [6.45, 7) is 6.78. The summed E-state index contributed by atoms with van der Waals surface area (Å²) >= 11 is 0. The molecule has 279 valence electrons. The summed E-state index contributed by atoms with van der Waals surface area (Å²) in [5, 5.41) is 17.1. The SMILES string of the molecule is COc1cc([C@@H]2c3cc4c(cc3[C@@H](NC(=O)C(Cc3ccccc3)OC(=O)C3=CC(C)(C)N([O])C3(C)C)[C@H]3COC(=O)[C@H]23)OCO4)cc(OC)c1OC. The number of nitrogens with zero attached hydrogens (tertiary/aromatic N) is 1. The summed E-state index contributed by atoms with van der Waals surface area (Å²) in [6, 6.07) is 15.7. The second-order valence-electron chi connectivity index (χ2n) is 14.7. The number of benzene rings is 3. The second-order valence-corrected chi connectivity index (χ2v) is 14.7. The Balaban J connectivity index is 1.29. The van der Waals surface area contributed by atoms with Crippen molar-refractivity contribution in [2.75, 3.05) is 34.7 Å². The average molecular weight is 728 g/mol. The first-order valence-electron chi connectivity index (χ1n) is 17.4. The van der Waals surface area contributed by atoms with Crippen LogP contribution in [0.5, 0.6) is 28.7 Å². The molecule has 3 aliphatic heterocycles. The zero-order valence-electron chi connectivity index (χ0n) is 30.7. The van der Waals surface area contributed by atoms with Gasteiger partial charge in [0, 0.05) is 18.3 Å². The van der Waals surface area contributed by atoms with Gasteiger partial charge in [-0.3, -0.25) is 9.59 Å². The molecule has 3 aromatic carbocycles. The van der Waals surface area contributed by atoms with E-state index in [9.17, 15) is 19.6 Å². The molecule has 4 aliphatic rings. The highest BCUT2D eigenvalue weighted by Crippen LogP contribution is 2.55. The Morgan fingerprint density at radius 1 is 0.906 bits per heavy atom. The van der Waals surface area contributed by atoms with Gasteiger partial charge in [-0.1, -0.05) is 30.3 Å². The average Bonchev–Trinajstić information content (AvgIpc) is 3.81. The molecule has 1 unspecified atom stereocenters. The number of methoxy groups -OCH3 is 3. The van der Waals surface area contributed by atoms with Crippen LogP contribution in [0.3, 0.4) is 0 Å². The van der Waals surface area contributed by atoms with Gasteiger partial charge >= 0.3 is 11.9 Å². The molecular formula is C40H43N2O11.